The van der Waals surface area contributed by atoms with Gasteiger partial charge in [-0.15, -0.1) is 0 Å². The van der Waals surface area contributed by atoms with Crippen LogP contribution in [0.3, 0.4) is 0 Å². The lowest BCUT2D eigenvalue weighted by atomic mass is 10.1. The fourth-order valence-electron chi connectivity index (χ4n) is 1.76. The van der Waals surface area contributed by atoms with Crippen molar-refractivity contribution in [1.82, 2.24) is 0 Å². The number of nitrogens with two attached hydrogens (primary N) is 1. The van der Waals surface area contributed by atoms with Gasteiger partial charge in [0.1, 0.15) is 23.1 Å². The molecule has 0 heterocycles. The van der Waals surface area contributed by atoms with E-state index in [9.17, 15) is 0 Å². The number of methoxy groups -OCH3 is 1. The Morgan fingerprint density at radius 3 is 2.52 bits per heavy atom. The summed E-state index contributed by atoms with van der Waals surface area (Å²) in [6.07, 6.45) is 0. The van der Waals surface area contributed by atoms with Crippen molar-refractivity contribution < 1.29 is 9.47 Å². The van der Waals surface area contributed by atoms with Crippen molar-refractivity contribution in [2.24, 2.45) is 5.73 Å². The molecule has 2 N–H and O–H groups in total. The van der Waals surface area contributed by atoms with Crippen LogP contribution in [-0.4, -0.2) is 12.1 Å². The number of hydrogen-bond donors (Lipinski definition) is 1. The fraction of sp³-hybridized carbons (Fsp3) is 0.133. The van der Waals surface area contributed by atoms with Crippen LogP contribution in [0.5, 0.6) is 11.5 Å². The van der Waals surface area contributed by atoms with E-state index in [-0.39, 0.29) is 0 Å². The number of benzene rings is 2. The van der Waals surface area contributed by atoms with Gasteiger partial charge < -0.3 is 15.2 Å². The van der Waals surface area contributed by atoms with Crippen molar-refractivity contribution >= 4 is 40.4 Å². The van der Waals surface area contributed by atoms with Crippen molar-refractivity contribution in [2.75, 3.05) is 7.11 Å². The normalized spacial score (nSPS) is 10.2. The zero-order chi connectivity index (χ0) is 15.4. The average molecular weight is 342 g/mol. The molecule has 0 fully saturated rings. The summed E-state index contributed by atoms with van der Waals surface area (Å²) in [7, 11) is 1.57. The zero-order valence-electron chi connectivity index (χ0n) is 11.2. The van der Waals surface area contributed by atoms with E-state index in [1.54, 1.807) is 25.3 Å². The molecule has 2 rings (SSSR count). The van der Waals surface area contributed by atoms with E-state index in [4.69, 9.17) is 50.6 Å². The van der Waals surface area contributed by atoms with Gasteiger partial charge >= 0.3 is 0 Å². The molecule has 6 heteroatoms. The van der Waals surface area contributed by atoms with Crippen LogP contribution in [0.4, 0.5) is 0 Å². The summed E-state index contributed by atoms with van der Waals surface area (Å²) >= 11 is 16.8. The Bertz CT molecular complexity index is 677. The standard InChI is InChI=1S/C15H13Cl2NO2S/c1-19-14-6-9(2-4-11(14)15(18)21)8-20-10-3-5-12(16)13(17)7-10/h2-7H,8H2,1H3,(H2,18,21). The van der Waals surface area contributed by atoms with Crippen LogP contribution in [-0.2, 0) is 6.61 Å². The molecule has 0 bridgehead atoms. The molecule has 2 aromatic rings. The van der Waals surface area contributed by atoms with Gasteiger partial charge in [0.2, 0.25) is 0 Å². The SMILES string of the molecule is COc1cc(COc2ccc(Cl)c(Cl)c2)ccc1C(N)=S. The summed E-state index contributed by atoms with van der Waals surface area (Å²) in [5.74, 6) is 1.26. The van der Waals surface area contributed by atoms with Gasteiger partial charge in [0.15, 0.2) is 0 Å². The summed E-state index contributed by atoms with van der Waals surface area (Å²) in [5.41, 5.74) is 7.26. The zero-order valence-corrected chi connectivity index (χ0v) is 13.6. The van der Waals surface area contributed by atoms with Crippen molar-refractivity contribution in [3.8, 4) is 11.5 Å². The molecule has 110 valence electrons. The lowest BCUT2D eigenvalue weighted by molar-refractivity contribution is 0.305. The van der Waals surface area contributed by atoms with Gasteiger partial charge in [0.25, 0.3) is 0 Å². The summed E-state index contributed by atoms with van der Waals surface area (Å²) in [6.45, 7) is 0.367. The maximum atomic E-state index is 5.94. The molecule has 3 nitrogen and oxygen atoms in total. The van der Waals surface area contributed by atoms with Gasteiger partial charge in [-0.05, 0) is 29.8 Å². The van der Waals surface area contributed by atoms with Gasteiger partial charge in [-0.3, -0.25) is 0 Å². The lowest BCUT2D eigenvalue weighted by Crippen LogP contribution is -2.11. The second kappa shape index (κ2) is 6.98. The highest BCUT2D eigenvalue weighted by Crippen LogP contribution is 2.27. The maximum Gasteiger partial charge on any atom is 0.129 e. The summed E-state index contributed by atoms with van der Waals surface area (Å²) in [6, 6.07) is 10.7. The van der Waals surface area contributed by atoms with Crippen LogP contribution in [0.2, 0.25) is 10.0 Å². The third-order valence-corrected chi connectivity index (χ3v) is 3.79. The van der Waals surface area contributed by atoms with Gasteiger partial charge in [0.05, 0.1) is 22.7 Å². The molecule has 0 atom stereocenters. The molecule has 0 aliphatic rings. The van der Waals surface area contributed by atoms with Crippen molar-refractivity contribution in [3.05, 3.63) is 57.6 Å². The number of rotatable bonds is 5. The number of halogens is 2. The molecule has 0 aromatic heterocycles. The average Bonchev–Trinajstić information content (AvgIpc) is 2.48. The quantitative estimate of drug-likeness (QED) is 0.827. The van der Waals surface area contributed by atoms with Crippen LogP contribution >= 0.6 is 35.4 Å². The summed E-state index contributed by atoms with van der Waals surface area (Å²) in [4.78, 5) is 0.295. The molecule has 0 saturated carbocycles. The van der Waals surface area contributed by atoms with E-state index in [0.29, 0.717) is 38.7 Å². The van der Waals surface area contributed by atoms with Crippen LogP contribution in [0.1, 0.15) is 11.1 Å². The number of thiocarbonyl (C=S) groups is 1. The third kappa shape index (κ3) is 4.00. The minimum Gasteiger partial charge on any atom is -0.496 e. The van der Waals surface area contributed by atoms with E-state index >= 15 is 0 Å². The predicted octanol–water partition coefficient (Wildman–Crippen LogP) is 4.22. The Morgan fingerprint density at radius 2 is 1.90 bits per heavy atom. The van der Waals surface area contributed by atoms with E-state index < -0.39 is 0 Å². The van der Waals surface area contributed by atoms with E-state index in [1.807, 2.05) is 18.2 Å². The molecular weight excluding hydrogens is 329 g/mol. The first-order chi connectivity index (χ1) is 10.0. The highest BCUT2D eigenvalue weighted by molar-refractivity contribution is 7.80. The molecule has 2 aromatic carbocycles. The van der Waals surface area contributed by atoms with Crippen molar-refractivity contribution in [1.29, 1.82) is 0 Å². The highest BCUT2D eigenvalue weighted by Gasteiger charge is 2.07. The van der Waals surface area contributed by atoms with Gasteiger partial charge in [-0.1, -0.05) is 41.5 Å². The van der Waals surface area contributed by atoms with Crippen molar-refractivity contribution in [2.45, 2.75) is 6.61 Å². The Morgan fingerprint density at radius 1 is 1.14 bits per heavy atom. The molecule has 0 aliphatic heterocycles. The second-order valence-corrected chi connectivity index (χ2v) is 5.52. The predicted molar refractivity (Wildman–Crippen MR) is 89.7 cm³/mol. The van der Waals surface area contributed by atoms with Crippen LogP contribution in [0.25, 0.3) is 0 Å². The van der Waals surface area contributed by atoms with Gasteiger partial charge in [0, 0.05) is 6.07 Å². The van der Waals surface area contributed by atoms with Crippen LogP contribution in [0.15, 0.2) is 36.4 Å². The van der Waals surface area contributed by atoms with Gasteiger partial charge in [-0.25, -0.2) is 0 Å². The molecule has 0 amide bonds. The van der Waals surface area contributed by atoms with E-state index in [1.165, 1.54) is 0 Å². The molecule has 21 heavy (non-hydrogen) atoms. The third-order valence-electron chi connectivity index (χ3n) is 2.83. The molecule has 0 spiro atoms. The molecule has 0 unspecified atom stereocenters. The monoisotopic (exact) mass is 341 g/mol. The fourth-order valence-corrected chi connectivity index (χ4v) is 2.22. The topological polar surface area (TPSA) is 44.5 Å². The largest absolute Gasteiger partial charge is 0.496 e. The molecule has 0 saturated heterocycles. The minimum atomic E-state index is 0.295. The van der Waals surface area contributed by atoms with Crippen LogP contribution < -0.4 is 15.2 Å². The Kier molecular flexibility index (Phi) is 5.28. The molecule has 0 radical (unpaired) electrons. The van der Waals surface area contributed by atoms with Crippen molar-refractivity contribution in [3.63, 3.8) is 0 Å². The second-order valence-electron chi connectivity index (χ2n) is 4.26. The summed E-state index contributed by atoms with van der Waals surface area (Å²) in [5, 5.41) is 0.946. The Labute approximate surface area is 138 Å². The summed E-state index contributed by atoms with van der Waals surface area (Å²) < 4.78 is 10.9. The first kappa shape index (κ1) is 15.9. The highest BCUT2D eigenvalue weighted by atomic mass is 35.5. The minimum absolute atomic E-state index is 0.295. The Hall–Kier alpha value is -1.49. The smallest absolute Gasteiger partial charge is 0.129 e. The van der Waals surface area contributed by atoms with Crippen LogP contribution in [0, 0.1) is 0 Å². The van der Waals surface area contributed by atoms with E-state index in [0.717, 1.165) is 5.56 Å². The maximum absolute atomic E-state index is 5.94. The number of hydrogen-bond acceptors (Lipinski definition) is 3. The first-order valence-corrected chi connectivity index (χ1v) is 7.22. The lowest BCUT2D eigenvalue weighted by Gasteiger charge is -2.11. The van der Waals surface area contributed by atoms with Gasteiger partial charge in [-0.2, -0.15) is 0 Å². The Balaban J connectivity index is 2.13. The number of ether oxygens (including phenoxy) is 2. The van der Waals surface area contributed by atoms with E-state index in [2.05, 4.69) is 0 Å². The first-order valence-electron chi connectivity index (χ1n) is 6.06. The molecular formula is C15H13Cl2NO2S. The molecule has 0 aliphatic carbocycles.